The van der Waals surface area contributed by atoms with E-state index in [1.165, 1.54) is 16.9 Å². The van der Waals surface area contributed by atoms with Gasteiger partial charge in [0.25, 0.3) is 0 Å². The van der Waals surface area contributed by atoms with E-state index >= 15 is 0 Å². The quantitative estimate of drug-likeness (QED) is 0.872. The smallest absolute Gasteiger partial charge is 0.347 e. The lowest BCUT2D eigenvalue weighted by Gasteiger charge is -2.16. The third kappa shape index (κ3) is 3.00. The van der Waals surface area contributed by atoms with Gasteiger partial charge in [-0.2, -0.15) is 0 Å². The van der Waals surface area contributed by atoms with E-state index in [0.29, 0.717) is 10.6 Å². The van der Waals surface area contributed by atoms with Crippen molar-refractivity contribution < 1.29 is 9.90 Å². The highest BCUT2D eigenvalue weighted by Crippen LogP contribution is 2.37. The summed E-state index contributed by atoms with van der Waals surface area (Å²) >= 11 is 1.27. The van der Waals surface area contributed by atoms with Crippen molar-refractivity contribution in [3.63, 3.8) is 0 Å². The van der Waals surface area contributed by atoms with Crippen LogP contribution >= 0.6 is 11.3 Å². The van der Waals surface area contributed by atoms with Crippen LogP contribution in [0.4, 0.5) is 0 Å². The lowest BCUT2D eigenvalue weighted by Crippen LogP contribution is -2.16. The maximum atomic E-state index is 11.5. The Labute approximate surface area is 129 Å². The number of aryl methyl sites for hydroxylation is 3. The molecule has 1 aromatic carbocycles. The average Bonchev–Trinajstić information content (AvgIpc) is 2.71. The van der Waals surface area contributed by atoms with Crippen molar-refractivity contribution in [3.8, 4) is 10.6 Å². The molecule has 1 N–H and O–H groups in total. The fourth-order valence-corrected chi connectivity index (χ4v) is 3.89. The fourth-order valence-electron chi connectivity index (χ4n) is 2.60. The Kier molecular flexibility index (Phi) is 3.93. The summed E-state index contributed by atoms with van der Waals surface area (Å²) in [5.41, 5.74) is 4.92. The van der Waals surface area contributed by atoms with Gasteiger partial charge in [-0.25, -0.2) is 9.78 Å². The predicted molar refractivity (Wildman–Crippen MR) is 87.4 cm³/mol. The Balaban J connectivity index is 2.70. The third-order valence-electron chi connectivity index (χ3n) is 3.42. The van der Waals surface area contributed by atoms with Crippen LogP contribution in [0.15, 0.2) is 12.1 Å². The minimum absolute atomic E-state index is 0.283. The van der Waals surface area contributed by atoms with Crippen molar-refractivity contribution >= 4 is 17.3 Å². The minimum atomic E-state index is -0.897. The van der Waals surface area contributed by atoms with E-state index < -0.39 is 5.97 Å². The van der Waals surface area contributed by atoms with Crippen LogP contribution in [0.1, 0.15) is 52.8 Å². The van der Waals surface area contributed by atoms with Crippen molar-refractivity contribution in [2.24, 2.45) is 0 Å². The zero-order chi connectivity index (χ0) is 15.9. The van der Waals surface area contributed by atoms with Crippen LogP contribution in [-0.2, 0) is 5.41 Å². The largest absolute Gasteiger partial charge is 0.477 e. The molecule has 0 amide bonds. The number of benzene rings is 1. The molecule has 0 saturated carbocycles. The number of hydrogen-bond acceptors (Lipinski definition) is 3. The molecule has 112 valence electrons. The van der Waals surface area contributed by atoms with Crippen LogP contribution in [0.3, 0.4) is 0 Å². The first-order chi connectivity index (χ1) is 9.61. The highest BCUT2D eigenvalue weighted by atomic mass is 32.1. The van der Waals surface area contributed by atoms with Crippen LogP contribution in [0.2, 0.25) is 0 Å². The van der Waals surface area contributed by atoms with Gasteiger partial charge < -0.3 is 5.11 Å². The Hall–Kier alpha value is -1.68. The number of aromatic nitrogens is 1. The minimum Gasteiger partial charge on any atom is -0.477 e. The molecule has 0 unspecified atom stereocenters. The molecule has 0 aliphatic heterocycles. The molecule has 0 aliphatic rings. The van der Waals surface area contributed by atoms with Gasteiger partial charge in [-0.15, -0.1) is 11.3 Å². The molecular formula is C17H21NO2S. The van der Waals surface area contributed by atoms with Gasteiger partial charge in [-0.05, 0) is 31.9 Å². The number of carbonyl (C=O) groups is 1. The van der Waals surface area contributed by atoms with E-state index in [2.05, 4.69) is 24.0 Å². The summed E-state index contributed by atoms with van der Waals surface area (Å²) in [7, 11) is 0. The van der Waals surface area contributed by atoms with E-state index in [1.807, 2.05) is 34.6 Å². The van der Waals surface area contributed by atoms with Crippen LogP contribution in [0, 0.1) is 20.8 Å². The maximum Gasteiger partial charge on any atom is 0.347 e. The topological polar surface area (TPSA) is 50.2 Å². The van der Waals surface area contributed by atoms with Crippen LogP contribution in [0.25, 0.3) is 10.6 Å². The lowest BCUT2D eigenvalue weighted by molar-refractivity contribution is 0.0699. The Bertz CT molecular complexity index is 685. The van der Waals surface area contributed by atoms with Crippen molar-refractivity contribution in [2.45, 2.75) is 47.0 Å². The normalized spacial score (nSPS) is 11.7. The second-order valence-corrected chi connectivity index (χ2v) is 7.52. The summed E-state index contributed by atoms with van der Waals surface area (Å²) in [5.74, 6) is -0.897. The summed E-state index contributed by atoms with van der Waals surface area (Å²) in [5, 5.41) is 10.2. The van der Waals surface area contributed by atoms with E-state index in [-0.39, 0.29) is 5.41 Å². The first kappa shape index (κ1) is 15.7. The van der Waals surface area contributed by atoms with Gasteiger partial charge >= 0.3 is 5.97 Å². The first-order valence-corrected chi connectivity index (χ1v) is 7.75. The third-order valence-corrected chi connectivity index (χ3v) is 4.48. The molecule has 21 heavy (non-hydrogen) atoms. The van der Waals surface area contributed by atoms with Gasteiger partial charge in [0.1, 0.15) is 9.88 Å². The Morgan fingerprint density at radius 1 is 1.14 bits per heavy atom. The molecule has 2 aromatic rings. The Morgan fingerprint density at radius 2 is 1.67 bits per heavy atom. The molecule has 0 radical (unpaired) electrons. The summed E-state index contributed by atoms with van der Waals surface area (Å²) in [6, 6.07) is 4.22. The molecule has 1 aromatic heterocycles. The number of rotatable bonds is 2. The standard InChI is InChI=1S/C17H21NO2S/c1-9-7-10(2)12(11(3)8-9)15-18-14(17(4,5)6)13(21-15)16(19)20/h7-8H,1-6H3,(H,19,20). The average molecular weight is 303 g/mol. The predicted octanol–water partition coefficient (Wildman–Crippen LogP) is 4.73. The number of nitrogens with zero attached hydrogens (tertiary/aromatic N) is 1. The highest BCUT2D eigenvalue weighted by molar-refractivity contribution is 7.17. The van der Waals surface area contributed by atoms with Crippen LogP contribution in [0.5, 0.6) is 0 Å². The van der Waals surface area contributed by atoms with Gasteiger partial charge in [0.05, 0.1) is 5.69 Å². The van der Waals surface area contributed by atoms with Crippen molar-refractivity contribution in [2.75, 3.05) is 0 Å². The first-order valence-electron chi connectivity index (χ1n) is 6.94. The molecule has 0 saturated heterocycles. The highest BCUT2D eigenvalue weighted by Gasteiger charge is 2.28. The van der Waals surface area contributed by atoms with E-state index in [0.717, 1.165) is 21.7 Å². The Morgan fingerprint density at radius 3 is 2.05 bits per heavy atom. The molecule has 0 bridgehead atoms. The number of thiazole rings is 1. The molecule has 2 rings (SSSR count). The SMILES string of the molecule is Cc1cc(C)c(-c2nc(C(C)(C)C)c(C(=O)O)s2)c(C)c1. The summed E-state index contributed by atoms with van der Waals surface area (Å²) < 4.78 is 0. The number of carboxylic acids is 1. The van der Waals surface area contributed by atoms with E-state index in [1.54, 1.807) is 0 Å². The van der Waals surface area contributed by atoms with E-state index in [9.17, 15) is 9.90 Å². The van der Waals surface area contributed by atoms with Gasteiger partial charge in [0.2, 0.25) is 0 Å². The summed E-state index contributed by atoms with van der Waals surface area (Å²) in [6.07, 6.45) is 0. The number of hydrogen-bond donors (Lipinski definition) is 1. The molecule has 0 aliphatic carbocycles. The van der Waals surface area contributed by atoms with Gasteiger partial charge in [-0.3, -0.25) is 0 Å². The molecular weight excluding hydrogens is 282 g/mol. The maximum absolute atomic E-state index is 11.5. The molecule has 0 atom stereocenters. The summed E-state index contributed by atoms with van der Waals surface area (Å²) in [4.78, 5) is 16.5. The molecule has 4 heteroatoms. The van der Waals surface area contributed by atoms with Gasteiger partial charge in [-0.1, -0.05) is 38.5 Å². The second-order valence-electron chi connectivity index (χ2n) is 6.53. The molecule has 0 fully saturated rings. The van der Waals surface area contributed by atoms with Gasteiger partial charge in [0, 0.05) is 11.0 Å². The molecule has 1 heterocycles. The number of aromatic carboxylic acids is 1. The zero-order valence-corrected chi connectivity index (χ0v) is 14.2. The zero-order valence-electron chi connectivity index (χ0n) is 13.4. The van der Waals surface area contributed by atoms with Crippen molar-refractivity contribution in [3.05, 3.63) is 39.4 Å². The lowest BCUT2D eigenvalue weighted by atomic mass is 9.91. The van der Waals surface area contributed by atoms with Crippen LogP contribution < -0.4 is 0 Å². The van der Waals surface area contributed by atoms with Gasteiger partial charge in [0.15, 0.2) is 0 Å². The number of carboxylic acid groups (broad SMARTS) is 1. The summed E-state index contributed by atoms with van der Waals surface area (Å²) in [6.45, 7) is 12.1. The fraction of sp³-hybridized carbons (Fsp3) is 0.412. The molecule has 3 nitrogen and oxygen atoms in total. The second kappa shape index (κ2) is 5.26. The van der Waals surface area contributed by atoms with Crippen molar-refractivity contribution in [1.29, 1.82) is 0 Å². The van der Waals surface area contributed by atoms with Crippen molar-refractivity contribution in [1.82, 2.24) is 4.98 Å². The van der Waals surface area contributed by atoms with Crippen LogP contribution in [-0.4, -0.2) is 16.1 Å². The monoisotopic (exact) mass is 303 g/mol. The van der Waals surface area contributed by atoms with E-state index in [4.69, 9.17) is 0 Å². The molecule has 0 spiro atoms.